The molecule has 2 N–H and O–H groups in total. The minimum Gasteiger partial charge on any atom is -0.415 e. The Bertz CT molecular complexity index is 898. The lowest BCUT2D eigenvalue weighted by atomic mass is 10.2. The maximum atomic E-state index is 13.1. The fraction of sp³-hybridized carbons (Fsp3) is 0.167. The highest BCUT2D eigenvalue weighted by atomic mass is 35.5. The molecule has 6 nitrogen and oxygen atoms in total. The number of rotatable bonds is 6. The second kappa shape index (κ2) is 8.07. The molecule has 134 valence electrons. The lowest BCUT2D eigenvalue weighted by Gasteiger charge is -2.11. The summed E-state index contributed by atoms with van der Waals surface area (Å²) in [4.78, 5) is 12.9. The summed E-state index contributed by atoms with van der Waals surface area (Å²) in [5.74, 6) is 0.189. The van der Waals surface area contributed by atoms with E-state index >= 15 is 0 Å². The van der Waals surface area contributed by atoms with E-state index < -0.39 is 5.82 Å². The SMILES string of the molecule is C[NH+](CC(=O)Nc1cccc(F)c1)Cc1nnc(-c2ccc(Cl)cc2)o1. The van der Waals surface area contributed by atoms with Gasteiger partial charge in [-0.3, -0.25) is 4.79 Å². The van der Waals surface area contributed by atoms with E-state index in [2.05, 4.69) is 15.5 Å². The second-order valence-corrected chi connectivity index (χ2v) is 6.31. The van der Waals surface area contributed by atoms with Gasteiger partial charge < -0.3 is 14.6 Å². The maximum Gasteiger partial charge on any atom is 0.279 e. The minimum atomic E-state index is -0.399. The van der Waals surface area contributed by atoms with Crippen molar-refractivity contribution in [2.45, 2.75) is 6.54 Å². The molecule has 3 aromatic rings. The van der Waals surface area contributed by atoms with Crippen LogP contribution in [-0.2, 0) is 11.3 Å². The number of quaternary nitrogens is 1. The molecule has 2 aromatic carbocycles. The predicted molar refractivity (Wildman–Crippen MR) is 95.2 cm³/mol. The summed E-state index contributed by atoms with van der Waals surface area (Å²) < 4.78 is 18.8. The Hall–Kier alpha value is -2.77. The number of hydrogen-bond donors (Lipinski definition) is 2. The van der Waals surface area contributed by atoms with Gasteiger partial charge in [0.1, 0.15) is 5.82 Å². The molecule has 1 heterocycles. The van der Waals surface area contributed by atoms with Crippen LogP contribution in [0.4, 0.5) is 10.1 Å². The number of likely N-dealkylation sites (N-methyl/N-ethyl adjacent to an activating group) is 1. The summed E-state index contributed by atoms with van der Waals surface area (Å²) in [7, 11) is 1.83. The van der Waals surface area contributed by atoms with Crippen molar-refractivity contribution in [2.24, 2.45) is 0 Å². The first kappa shape index (κ1) is 18.0. The van der Waals surface area contributed by atoms with Crippen LogP contribution < -0.4 is 10.2 Å². The molecule has 0 aliphatic rings. The van der Waals surface area contributed by atoms with Crippen LogP contribution in [0, 0.1) is 5.82 Å². The minimum absolute atomic E-state index is 0.176. The zero-order valence-corrected chi connectivity index (χ0v) is 14.8. The molecule has 1 atom stereocenters. The van der Waals surface area contributed by atoms with Crippen LogP contribution in [0.1, 0.15) is 5.89 Å². The van der Waals surface area contributed by atoms with E-state index in [9.17, 15) is 9.18 Å². The summed E-state index contributed by atoms with van der Waals surface area (Å²) in [5, 5.41) is 11.3. The van der Waals surface area contributed by atoms with Crippen molar-refractivity contribution >= 4 is 23.2 Å². The number of halogens is 2. The Balaban J connectivity index is 1.55. The molecule has 3 rings (SSSR count). The average Bonchev–Trinajstić information content (AvgIpc) is 3.03. The quantitative estimate of drug-likeness (QED) is 0.692. The third-order valence-electron chi connectivity index (χ3n) is 3.58. The first-order valence-corrected chi connectivity index (χ1v) is 8.32. The van der Waals surface area contributed by atoms with Gasteiger partial charge >= 0.3 is 0 Å². The molecule has 8 heteroatoms. The zero-order valence-electron chi connectivity index (χ0n) is 14.0. The third-order valence-corrected chi connectivity index (χ3v) is 3.83. The molecule has 0 saturated heterocycles. The van der Waals surface area contributed by atoms with E-state index in [4.69, 9.17) is 16.0 Å². The molecule has 0 aliphatic carbocycles. The summed E-state index contributed by atoms with van der Waals surface area (Å²) in [5.41, 5.74) is 1.19. The molecule has 0 bridgehead atoms. The summed E-state index contributed by atoms with van der Waals surface area (Å²) in [6, 6.07) is 12.8. The van der Waals surface area contributed by atoms with Gasteiger partial charge in [-0.1, -0.05) is 17.7 Å². The highest BCUT2D eigenvalue weighted by molar-refractivity contribution is 6.30. The topological polar surface area (TPSA) is 72.5 Å². The smallest absolute Gasteiger partial charge is 0.279 e. The van der Waals surface area contributed by atoms with Crippen LogP contribution in [0.3, 0.4) is 0 Å². The maximum absolute atomic E-state index is 13.1. The highest BCUT2D eigenvalue weighted by Crippen LogP contribution is 2.19. The number of hydrogen-bond acceptors (Lipinski definition) is 4. The molecular formula is C18H17ClFN4O2+. The molecule has 0 radical (unpaired) electrons. The largest absolute Gasteiger partial charge is 0.415 e. The third kappa shape index (κ3) is 4.87. The fourth-order valence-electron chi connectivity index (χ4n) is 2.40. The van der Waals surface area contributed by atoms with E-state index in [-0.39, 0.29) is 12.5 Å². The fourth-order valence-corrected chi connectivity index (χ4v) is 2.53. The number of carbonyl (C=O) groups excluding carboxylic acids is 1. The number of nitrogens with one attached hydrogen (secondary N) is 2. The van der Waals surface area contributed by atoms with Gasteiger partial charge in [-0.05, 0) is 42.5 Å². The van der Waals surface area contributed by atoms with E-state index in [1.807, 2.05) is 7.05 Å². The van der Waals surface area contributed by atoms with Crippen LogP contribution in [0.5, 0.6) is 0 Å². The van der Waals surface area contributed by atoms with Gasteiger partial charge in [0.2, 0.25) is 5.89 Å². The molecule has 1 unspecified atom stereocenters. The van der Waals surface area contributed by atoms with E-state index in [0.29, 0.717) is 29.0 Å². The predicted octanol–water partition coefficient (Wildman–Crippen LogP) is 2.18. The summed E-state index contributed by atoms with van der Waals surface area (Å²) >= 11 is 5.86. The molecule has 26 heavy (non-hydrogen) atoms. The van der Waals surface area contributed by atoms with Crippen LogP contribution in [0.25, 0.3) is 11.5 Å². The zero-order chi connectivity index (χ0) is 18.5. The standard InChI is InChI=1S/C18H16ClFN4O2/c1-24(10-16(25)21-15-4-2-3-14(20)9-15)11-17-22-23-18(26-17)12-5-7-13(19)8-6-12/h2-9H,10-11H2,1H3,(H,21,25)/p+1. The Morgan fingerprint density at radius 2 is 2.00 bits per heavy atom. The molecular weight excluding hydrogens is 359 g/mol. The lowest BCUT2D eigenvalue weighted by molar-refractivity contribution is -0.886. The first-order valence-electron chi connectivity index (χ1n) is 7.94. The van der Waals surface area contributed by atoms with E-state index in [1.165, 1.54) is 18.2 Å². The van der Waals surface area contributed by atoms with Crippen molar-refractivity contribution in [1.82, 2.24) is 10.2 Å². The van der Waals surface area contributed by atoms with Crippen molar-refractivity contribution in [3.05, 3.63) is 65.3 Å². The number of aromatic nitrogens is 2. The van der Waals surface area contributed by atoms with Crippen LogP contribution in [0.2, 0.25) is 5.02 Å². The van der Waals surface area contributed by atoms with Crippen molar-refractivity contribution in [3.63, 3.8) is 0 Å². The Morgan fingerprint density at radius 1 is 1.23 bits per heavy atom. The van der Waals surface area contributed by atoms with Crippen molar-refractivity contribution in [3.8, 4) is 11.5 Å². The van der Waals surface area contributed by atoms with Gasteiger partial charge in [0, 0.05) is 16.3 Å². The van der Waals surface area contributed by atoms with Crippen molar-refractivity contribution < 1.29 is 18.5 Å². The van der Waals surface area contributed by atoms with E-state index in [1.54, 1.807) is 30.3 Å². The number of nitrogens with zero attached hydrogens (tertiary/aromatic N) is 2. The monoisotopic (exact) mass is 375 g/mol. The Kier molecular flexibility index (Phi) is 5.60. The second-order valence-electron chi connectivity index (χ2n) is 5.88. The van der Waals surface area contributed by atoms with Crippen molar-refractivity contribution in [1.29, 1.82) is 0 Å². The summed E-state index contributed by atoms with van der Waals surface area (Å²) in [6.45, 7) is 0.562. The molecule has 0 saturated carbocycles. The van der Waals surface area contributed by atoms with Crippen LogP contribution in [0.15, 0.2) is 52.9 Å². The van der Waals surface area contributed by atoms with Crippen LogP contribution >= 0.6 is 11.6 Å². The van der Waals surface area contributed by atoms with E-state index in [0.717, 1.165) is 10.5 Å². The molecule has 1 aromatic heterocycles. The molecule has 0 spiro atoms. The number of amides is 1. The molecule has 0 aliphatic heterocycles. The number of carbonyl (C=O) groups is 1. The molecule has 0 fully saturated rings. The van der Waals surface area contributed by atoms with Gasteiger partial charge in [0.25, 0.3) is 11.8 Å². The Labute approximate surface area is 154 Å². The van der Waals surface area contributed by atoms with Gasteiger partial charge in [-0.15, -0.1) is 10.2 Å². The van der Waals surface area contributed by atoms with Crippen LogP contribution in [-0.4, -0.2) is 29.7 Å². The van der Waals surface area contributed by atoms with Crippen molar-refractivity contribution in [2.75, 3.05) is 18.9 Å². The van der Waals surface area contributed by atoms with Gasteiger partial charge in [-0.25, -0.2) is 4.39 Å². The van der Waals surface area contributed by atoms with Gasteiger partial charge in [0.15, 0.2) is 13.1 Å². The van der Waals surface area contributed by atoms with Gasteiger partial charge in [-0.2, -0.15) is 0 Å². The first-order chi connectivity index (χ1) is 12.5. The average molecular weight is 376 g/mol. The normalized spacial score (nSPS) is 12.0. The number of anilines is 1. The number of benzene rings is 2. The summed E-state index contributed by atoms with van der Waals surface area (Å²) in [6.07, 6.45) is 0. The molecule has 1 amide bonds. The Morgan fingerprint density at radius 3 is 2.73 bits per heavy atom. The highest BCUT2D eigenvalue weighted by Gasteiger charge is 2.16. The van der Waals surface area contributed by atoms with Gasteiger partial charge in [0.05, 0.1) is 7.05 Å². The lowest BCUT2D eigenvalue weighted by Crippen LogP contribution is -3.08.